The van der Waals surface area contributed by atoms with Gasteiger partial charge in [0.25, 0.3) is 0 Å². The maximum atomic E-state index is 12.2. The number of methoxy groups -OCH3 is 1. The summed E-state index contributed by atoms with van der Waals surface area (Å²) in [5.41, 5.74) is 2.30. The number of esters is 1. The Labute approximate surface area is 136 Å². The third-order valence-corrected chi connectivity index (χ3v) is 4.12. The zero-order valence-electron chi connectivity index (χ0n) is 13.4. The second-order valence-corrected chi connectivity index (χ2v) is 5.57. The molecule has 1 fully saturated rings. The van der Waals surface area contributed by atoms with Crippen molar-refractivity contribution in [1.29, 1.82) is 0 Å². The molecule has 4 nitrogen and oxygen atoms in total. The van der Waals surface area contributed by atoms with E-state index in [1.165, 1.54) is 5.56 Å². The van der Waals surface area contributed by atoms with E-state index in [0.717, 1.165) is 17.9 Å². The maximum absolute atomic E-state index is 12.2. The number of benzene rings is 2. The van der Waals surface area contributed by atoms with Gasteiger partial charge in [0.15, 0.2) is 0 Å². The Balaban J connectivity index is 1.78. The minimum atomic E-state index is -0.205. The number of rotatable bonds is 6. The number of carbonyl (C=O) groups is 1. The Morgan fingerprint density at radius 2 is 1.78 bits per heavy atom. The van der Waals surface area contributed by atoms with E-state index >= 15 is 0 Å². The molecule has 1 saturated heterocycles. The van der Waals surface area contributed by atoms with Crippen LogP contribution in [0.1, 0.15) is 24.1 Å². The maximum Gasteiger partial charge on any atom is 0.325 e. The topological polar surface area (TPSA) is 38.5 Å². The summed E-state index contributed by atoms with van der Waals surface area (Å²) in [7, 11) is 1.65. The lowest BCUT2D eigenvalue weighted by Crippen LogP contribution is -2.16. The summed E-state index contributed by atoms with van der Waals surface area (Å²) in [6, 6.07) is 17.9. The molecule has 2 aromatic rings. The summed E-state index contributed by atoms with van der Waals surface area (Å²) in [5.74, 6) is 0.668. The van der Waals surface area contributed by atoms with Crippen molar-refractivity contribution >= 4 is 5.97 Å². The molecule has 0 saturated carbocycles. The van der Waals surface area contributed by atoms with Gasteiger partial charge in [0.2, 0.25) is 0 Å². The van der Waals surface area contributed by atoms with Gasteiger partial charge in [-0.15, -0.1) is 0 Å². The van der Waals surface area contributed by atoms with Crippen LogP contribution in [-0.2, 0) is 16.1 Å². The summed E-state index contributed by atoms with van der Waals surface area (Å²) in [5, 5.41) is 0. The van der Waals surface area contributed by atoms with Crippen LogP contribution in [0.4, 0.5) is 0 Å². The highest BCUT2D eigenvalue weighted by molar-refractivity contribution is 5.80. The van der Waals surface area contributed by atoms with Gasteiger partial charge < -0.3 is 9.47 Å². The van der Waals surface area contributed by atoms with E-state index in [1.807, 2.05) is 49.4 Å². The molecule has 0 spiro atoms. The third kappa shape index (κ3) is 3.37. The standard InChI is InChI=1S/C19H21NO3/c1-3-23-19(21)18-17(15-9-11-16(22-2)12-10-15)20(18)13-14-7-5-4-6-8-14/h4-12,17-18H,3,13H2,1-2H3/t17-,18+,20?/m0/s1. The molecule has 23 heavy (non-hydrogen) atoms. The summed E-state index contributed by atoms with van der Waals surface area (Å²) >= 11 is 0. The fraction of sp³-hybridized carbons (Fsp3) is 0.316. The van der Waals surface area contributed by atoms with Crippen molar-refractivity contribution < 1.29 is 14.3 Å². The average molecular weight is 311 g/mol. The minimum Gasteiger partial charge on any atom is -0.497 e. The lowest BCUT2D eigenvalue weighted by molar-refractivity contribution is -0.143. The van der Waals surface area contributed by atoms with Crippen LogP contribution in [0.2, 0.25) is 0 Å². The van der Waals surface area contributed by atoms with Crippen LogP contribution in [0.5, 0.6) is 5.75 Å². The van der Waals surface area contributed by atoms with Crippen LogP contribution in [0, 0.1) is 0 Å². The molecule has 4 heteroatoms. The van der Waals surface area contributed by atoms with Crippen LogP contribution in [-0.4, -0.2) is 30.6 Å². The van der Waals surface area contributed by atoms with Crippen molar-refractivity contribution in [2.75, 3.05) is 13.7 Å². The SMILES string of the molecule is CCOC(=O)[C@H]1[C@H](c2ccc(OC)cc2)N1Cc1ccccc1. The number of ether oxygens (including phenoxy) is 2. The molecule has 0 radical (unpaired) electrons. The fourth-order valence-corrected chi connectivity index (χ4v) is 2.93. The van der Waals surface area contributed by atoms with Gasteiger partial charge in [-0.3, -0.25) is 9.69 Å². The number of carbonyl (C=O) groups excluding carboxylic acids is 1. The molecule has 1 unspecified atom stereocenters. The van der Waals surface area contributed by atoms with Gasteiger partial charge in [-0.25, -0.2) is 0 Å². The third-order valence-electron chi connectivity index (χ3n) is 4.12. The highest BCUT2D eigenvalue weighted by Crippen LogP contribution is 2.45. The van der Waals surface area contributed by atoms with Crippen molar-refractivity contribution in [2.24, 2.45) is 0 Å². The molecule has 120 valence electrons. The average Bonchev–Trinajstić information content (AvgIpc) is 3.30. The predicted octanol–water partition coefficient (Wildman–Crippen LogP) is 3.18. The molecule has 2 aromatic carbocycles. The molecule has 0 aliphatic carbocycles. The van der Waals surface area contributed by atoms with Crippen molar-refractivity contribution in [3.8, 4) is 5.75 Å². The molecular weight excluding hydrogens is 290 g/mol. The first kappa shape index (κ1) is 15.6. The van der Waals surface area contributed by atoms with Crippen LogP contribution in [0.3, 0.4) is 0 Å². The fourth-order valence-electron chi connectivity index (χ4n) is 2.93. The van der Waals surface area contributed by atoms with E-state index in [4.69, 9.17) is 9.47 Å². The molecule has 3 rings (SSSR count). The van der Waals surface area contributed by atoms with Crippen LogP contribution >= 0.6 is 0 Å². The van der Waals surface area contributed by atoms with Gasteiger partial charge in [-0.2, -0.15) is 0 Å². The zero-order valence-corrected chi connectivity index (χ0v) is 13.4. The highest BCUT2D eigenvalue weighted by Gasteiger charge is 2.54. The summed E-state index contributed by atoms with van der Waals surface area (Å²) in [6.07, 6.45) is 0. The Kier molecular flexibility index (Phi) is 4.63. The quantitative estimate of drug-likeness (QED) is 0.607. The Morgan fingerprint density at radius 3 is 2.39 bits per heavy atom. The van der Waals surface area contributed by atoms with E-state index in [2.05, 4.69) is 17.0 Å². The summed E-state index contributed by atoms with van der Waals surface area (Å²) in [6.45, 7) is 2.98. The molecule has 0 amide bonds. The monoisotopic (exact) mass is 311 g/mol. The van der Waals surface area contributed by atoms with E-state index in [9.17, 15) is 4.79 Å². The van der Waals surface area contributed by atoms with Gasteiger partial charge in [0, 0.05) is 6.54 Å². The van der Waals surface area contributed by atoms with E-state index < -0.39 is 0 Å². The summed E-state index contributed by atoms with van der Waals surface area (Å²) in [4.78, 5) is 14.4. The highest BCUT2D eigenvalue weighted by atomic mass is 16.5. The number of nitrogens with zero attached hydrogens (tertiary/aromatic N) is 1. The van der Waals surface area contributed by atoms with Crippen molar-refractivity contribution in [2.45, 2.75) is 25.6 Å². The molecule has 0 bridgehead atoms. The number of hydrogen-bond donors (Lipinski definition) is 0. The lowest BCUT2D eigenvalue weighted by atomic mass is 10.1. The smallest absolute Gasteiger partial charge is 0.325 e. The van der Waals surface area contributed by atoms with Gasteiger partial charge >= 0.3 is 5.97 Å². The second-order valence-electron chi connectivity index (χ2n) is 5.57. The van der Waals surface area contributed by atoms with E-state index in [1.54, 1.807) is 7.11 Å². The first-order valence-electron chi connectivity index (χ1n) is 7.85. The molecule has 1 aliphatic heterocycles. The Morgan fingerprint density at radius 1 is 1.09 bits per heavy atom. The van der Waals surface area contributed by atoms with Crippen LogP contribution in [0.15, 0.2) is 54.6 Å². The zero-order chi connectivity index (χ0) is 16.2. The number of hydrogen-bond acceptors (Lipinski definition) is 4. The molecule has 1 heterocycles. The first-order chi connectivity index (χ1) is 11.2. The first-order valence-corrected chi connectivity index (χ1v) is 7.85. The minimum absolute atomic E-state index is 0.0696. The van der Waals surface area contributed by atoms with Gasteiger partial charge in [-0.05, 0) is 30.2 Å². The molecule has 0 aromatic heterocycles. The second kappa shape index (κ2) is 6.84. The van der Waals surface area contributed by atoms with Crippen molar-refractivity contribution in [3.63, 3.8) is 0 Å². The van der Waals surface area contributed by atoms with E-state index in [0.29, 0.717) is 6.61 Å². The Hall–Kier alpha value is -2.33. The largest absolute Gasteiger partial charge is 0.497 e. The Bertz CT molecular complexity index is 654. The van der Waals surface area contributed by atoms with E-state index in [-0.39, 0.29) is 18.1 Å². The summed E-state index contributed by atoms with van der Waals surface area (Å²) < 4.78 is 10.4. The molecule has 3 atom stereocenters. The van der Waals surface area contributed by atoms with Crippen molar-refractivity contribution in [1.82, 2.24) is 4.90 Å². The molecular formula is C19H21NO3. The van der Waals surface area contributed by atoms with Crippen LogP contribution < -0.4 is 4.74 Å². The van der Waals surface area contributed by atoms with Gasteiger partial charge in [-0.1, -0.05) is 42.5 Å². The predicted molar refractivity (Wildman–Crippen MR) is 88.1 cm³/mol. The normalized spacial score (nSPS) is 22.4. The van der Waals surface area contributed by atoms with Gasteiger partial charge in [0.1, 0.15) is 11.8 Å². The molecule has 1 aliphatic rings. The van der Waals surface area contributed by atoms with Crippen molar-refractivity contribution in [3.05, 3.63) is 65.7 Å². The lowest BCUT2D eigenvalue weighted by Gasteiger charge is -2.05. The molecule has 0 N–H and O–H groups in total. The van der Waals surface area contributed by atoms with Crippen LogP contribution in [0.25, 0.3) is 0 Å². The van der Waals surface area contributed by atoms with Gasteiger partial charge in [0.05, 0.1) is 19.8 Å².